The van der Waals surface area contributed by atoms with Crippen molar-refractivity contribution in [2.75, 3.05) is 6.26 Å². The van der Waals surface area contributed by atoms with Gasteiger partial charge >= 0.3 is 0 Å². The van der Waals surface area contributed by atoms with Crippen LogP contribution in [0.5, 0.6) is 0 Å². The summed E-state index contributed by atoms with van der Waals surface area (Å²) in [6.07, 6.45) is 6.04. The van der Waals surface area contributed by atoms with Crippen LogP contribution < -0.4 is 0 Å². The number of fused-ring (bicyclic) bond motifs is 2. The minimum Gasteiger partial charge on any atom is -0.207 e. The van der Waals surface area contributed by atoms with Crippen LogP contribution >= 0.6 is 23.4 Å². The largest absolute Gasteiger partial charge is 0.243 e. The Bertz CT molecular complexity index is 884. The fraction of sp³-hybridized carbons (Fsp3) is 0.400. The fourth-order valence-corrected chi connectivity index (χ4v) is 7.19. The van der Waals surface area contributed by atoms with Gasteiger partial charge in [0.05, 0.1) is 4.90 Å². The van der Waals surface area contributed by atoms with E-state index in [0.29, 0.717) is 15.2 Å². The molecule has 3 nitrogen and oxygen atoms in total. The lowest BCUT2D eigenvalue weighted by Crippen LogP contribution is -2.47. The van der Waals surface area contributed by atoms with Gasteiger partial charge in [0.15, 0.2) is 0 Å². The molecule has 2 atom stereocenters. The average molecular weight is 408 g/mol. The lowest BCUT2D eigenvalue weighted by atomic mass is 10.1. The van der Waals surface area contributed by atoms with Crippen LogP contribution in [-0.4, -0.2) is 36.3 Å². The molecular weight excluding hydrogens is 386 g/mol. The van der Waals surface area contributed by atoms with Gasteiger partial charge in [0.1, 0.15) is 0 Å². The number of benzene rings is 2. The number of nitrogens with zero attached hydrogens (tertiary/aromatic N) is 1. The van der Waals surface area contributed by atoms with E-state index in [9.17, 15) is 8.42 Å². The van der Waals surface area contributed by atoms with Gasteiger partial charge in [0.2, 0.25) is 10.0 Å². The molecule has 6 heteroatoms. The maximum absolute atomic E-state index is 13.2. The first kappa shape index (κ1) is 18.4. The predicted octanol–water partition coefficient (Wildman–Crippen LogP) is 5.05. The first-order valence-electron chi connectivity index (χ1n) is 8.91. The van der Waals surface area contributed by atoms with Crippen LogP contribution in [0.2, 0.25) is 5.02 Å². The fourth-order valence-electron chi connectivity index (χ4n) is 4.28. The number of sulfonamides is 1. The lowest BCUT2D eigenvalue weighted by molar-refractivity contribution is 0.253. The molecule has 0 N–H and O–H groups in total. The molecule has 2 aliphatic heterocycles. The molecule has 4 rings (SSSR count). The number of halogens is 1. The number of rotatable bonds is 4. The van der Waals surface area contributed by atoms with Crippen molar-refractivity contribution in [3.8, 4) is 11.1 Å². The van der Waals surface area contributed by atoms with Gasteiger partial charge in [-0.15, -0.1) is 0 Å². The number of hydrogen-bond donors (Lipinski definition) is 0. The summed E-state index contributed by atoms with van der Waals surface area (Å²) < 4.78 is 28.3. The molecule has 2 aromatic carbocycles. The highest BCUT2D eigenvalue weighted by Gasteiger charge is 2.46. The van der Waals surface area contributed by atoms with Gasteiger partial charge in [-0.05, 0) is 67.3 Å². The average Bonchev–Trinajstić information content (AvgIpc) is 2.93. The van der Waals surface area contributed by atoms with Gasteiger partial charge in [-0.1, -0.05) is 35.9 Å². The molecule has 0 radical (unpaired) electrons. The molecule has 2 aliphatic rings. The van der Waals surface area contributed by atoms with Crippen LogP contribution in [0, 0.1) is 0 Å². The maximum atomic E-state index is 13.2. The van der Waals surface area contributed by atoms with E-state index in [-0.39, 0.29) is 12.1 Å². The summed E-state index contributed by atoms with van der Waals surface area (Å²) >= 11 is 7.93. The first-order chi connectivity index (χ1) is 12.5. The van der Waals surface area contributed by atoms with Gasteiger partial charge in [-0.3, -0.25) is 0 Å². The van der Waals surface area contributed by atoms with E-state index in [2.05, 4.69) is 6.26 Å². The van der Waals surface area contributed by atoms with Crippen molar-refractivity contribution in [3.63, 3.8) is 0 Å². The Balaban J connectivity index is 1.61. The van der Waals surface area contributed by atoms with Crippen LogP contribution in [0.1, 0.15) is 25.7 Å². The molecule has 0 spiro atoms. The second kappa shape index (κ2) is 7.19. The van der Waals surface area contributed by atoms with E-state index in [1.54, 1.807) is 16.4 Å². The van der Waals surface area contributed by atoms with Crippen LogP contribution in [-0.2, 0) is 10.0 Å². The molecule has 2 saturated heterocycles. The van der Waals surface area contributed by atoms with E-state index in [1.807, 2.05) is 48.2 Å². The van der Waals surface area contributed by atoms with E-state index < -0.39 is 10.0 Å². The van der Waals surface area contributed by atoms with Crippen molar-refractivity contribution in [1.82, 2.24) is 4.31 Å². The number of piperidine rings is 1. The van der Waals surface area contributed by atoms with Gasteiger partial charge in [-0.25, -0.2) is 8.42 Å². The summed E-state index contributed by atoms with van der Waals surface area (Å²) in [5, 5.41) is 1.26. The monoisotopic (exact) mass is 407 g/mol. The highest BCUT2D eigenvalue weighted by atomic mass is 35.5. The van der Waals surface area contributed by atoms with Gasteiger partial charge in [-0.2, -0.15) is 16.1 Å². The van der Waals surface area contributed by atoms with Crippen molar-refractivity contribution in [3.05, 3.63) is 53.6 Å². The quantitative estimate of drug-likeness (QED) is 0.711. The highest BCUT2D eigenvalue weighted by molar-refractivity contribution is 7.99. The molecule has 26 heavy (non-hydrogen) atoms. The third-order valence-electron chi connectivity index (χ3n) is 5.54. The normalized spacial score (nSPS) is 26.2. The van der Waals surface area contributed by atoms with Crippen molar-refractivity contribution in [2.24, 2.45) is 0 Å². The smallest absolute Gasteiger partial charge is 0.207 e. The molecule has 2 unspecified atom stereocenters. The molecule has 2 fully saturated rings. The topological polar surface area (TPSA) is 37.4 Å². The zero-order valence-electron chi connectivity index (χ0n) is 14.6. The van der Waals surface area contributed by atoms with Crippen molar-refractivity contribution >= 4 is 33.4 Å². The summed E-state index contributed by atoms with van der Waals surface area (Å²) in [6, 6.07) is 15.1. The molecule has 2 heterocycles. The van der Waals surface area contributed by atoms with E-state index in [1.165, 1.54) is 0 Å². The molecule has 0 aromatic heterocycles. The van der Waals surface area contributed by atoms with Gasteiger partial charge in [0, 0.05) is 22.4 Å². The summed E-state index contributed by atoms with van der Waals surface area (Å²) in [4.78, 5) is 0.391. The summed E-state index contributed by atoms with van der Waals surface area (Å²) in [7, 11) is -3.44. The van der Waals surface area contributed by atoms with Gasteiger partial charge < -0.3 is 0 Å². The SMILES string of the molecule is CSC1CC2CCC(C1)N2S(=O)(=O)c1ccc(-c2cccc(Cl)c2)cc1. The third-order valence-corrected chi connectivity index (χ3v) is 8.85. The minimum absolute atomic E-state index is 0.156. The molecule has 2 aromatic rings. The Morgan fingerprint density at radius 1 is 1.00 bits per heavy atom. The van der Waals surface area contributed by atoms with E-state index >= 15 is 0 Å². The Labute approximate surface area is 164 Å². The zero-order valence-corrected chi connectivity index (χ0v) is 17.0. The third kappa shape index (κ3) is 3.31. The van der Waals surface area contributed by atoms with E-state index in [4.69, 9.17) is 11.6 Å². The molecule has 138 valence electrons. The summed E-state index contributed by atoms with van der Waals surface area (Å²) in [5.41, 5.74) is 1.96. The standard InChI is InChI=1S/C20H22ClNO2S2/c1-25-19-12-17-7-8-18(13-19)22(17)26(23,24)20-9-5-14(6-10-20)15-3-2-4-16(21)11-15/h2-6,9-11,17-19H,7-8,12-13H2,1H3. The van der Waals surface area contributed by atoms with Crippen LogP contribution in [0.3, 0.4) is 0 Å². The van der Waals surface area contributed by atoms with Gasteiger partial charge in [0.25, 0.3) is 0 Å². The second-order valence-corrected chi connectivity index (χ2v) is 10.5. The van der Waals surface area contributed by atoms with Crippen molar-refractivity contribution in [2.45, 2.75) is 47.9 Å². The highest BCUT2D eigenvalue weighted by Crippen LogP contribution is 2.42. The Morgan fingerprint density at radius 2 is 1.65 bits per heavy atom. The first-order valence-corrected chi connectivity index (χ1v) is 12.0. The van der Waals surface area contributed by atoms with Crippen LogP contribution in [0.4, 0.5) is 0 Å². The Kier molecular flexibility index (Phi) is 5.08. The zero-order chi connectivity index (χ0) is 18.3. The minimum atomic E-state index is -3.44. The number of thioether (sulfide) groups is 1. The molecule has 0 aliphatic carbocycles. The van der Waals surface area contributed by atoms with Crippen molar-refractivity contribution < 1.29 is 8.42 Å². The van der Waals surface area contributed by atoms with E-state index in [0.717, 1.165) is 36.8 Å². The van der Waals surface area contributed by atoms with Crippen LogP contribution in [0.25, 0.3) is 11.1 Å². The molecule has 0 saturated carbocycles. The van der Waals surface area contributed by atoms with Crippen molar-refractivity contribution in [1.29, 1.82) is 0 Å². The molecule has 0 amide bonds. The Hall–Kier alpha value is -1.01. The predicted molar refractivity (Wildman–Crippen MR) is 109 cm³/mol. The Morgan fingerprint density at radius 3 is 2.23 bits per heavy atom. The summed E-state index contributed by atoms with van der Waals surface area (Å²) in [6.45, 7) is 0. The van der Waals surface area contributed by atoms with Crippen LogP contribution in [0.15, 0.2) is 53.4 Å². The number of hydrogen-bond acceptors (Lipinski definition) is 3. The maximum Gasteiger partial charge on any atom is 0.243 e. The lowest BCUT2D eigenvalue weighted by Gasteiger charge is -2.37. The summed E-state index contributed by atoms with van der Waals surface area (Å²) in [5.74, 6) is 0. The molecular formula is C20H22ClNO2S2. The second-order valence-electron chi connectivity index (χ2n) is 7.08. The molecule has 2 bridgehead atoms.